The van der Waals surface area contributed by atoms with Crippen LogP contribution in [0.25, 0.3) is 0 Å². The molecule has 2 heterocycles. The Morgan fingerprint density at radius 2 is 2.33 bits per heavy atom. The van der Waals surface area contributed by atoms with E-state index in [1.165, 1.54) is 0 Å². The van der Waals surface area contributed by atoms with E-state index >= 15 is 0 Å². The third-order valence-electron chi connectivity index (χ3n) is 3.14. The van der Waals surface area contributed by atoms with Crippen LogP contribution in [0.3, 0.4) is 0 Å². The van der Waals surface area contributed by atoms with Crippen LogP contribution in [-0.2, 0) is 11.8 Å². The van der Waals surface area contributed by atoms with Gasteiger partial charge in [-0.15, -0.1) is 30.6 Å². The molecule has 116 valence electrons. The van der Waals surface area contributed by atoms with Gasteiger partial charge in [-0.05, 0) is 0 Å². The number of aryl methyl sites for hydroxylation is 1. The first-order valence-electron chi connectivity index (χ1n) is 6.51. The highest BCUT2D eigenvalue weighted by Gasteiger charge is 2.27. The molecule has 8 heteroatoms. The predicted molar refractivity (Wildman–Crippen MR) is 94.1 cm³/mol. The van der Waals surface area contributed by atoms with Crippen molar-refractivity contribution in [3.63, 3.8) is 0 Å². The van der Waals surface area contributed by atoms with Gasteiger partial charge in [0, 0.05) is 39.9 Å². The highest BCUT2D eigenvalue weighted by molar-refractivity contribution is 14.0. The maximum absolute atomic E-state index is 12.3. The number of carbonyl (C=O) groups is 1. The van der Waals surface area contributed by atoms with E-state index in [-0.39, 0.29) is 29.9 Å². The average Bonchev–Trinajstić information content (AvgIpc) is 2.86. The number of piperazine rings is 1. The second-order valence-corrected chi connectivity index (χ2v) is 4.56. The molecule has 0 unspecified atom stereocenters. The lowest BCUT2D eigenvalue weighted by Gasteiger charge is -2.35. The van der Waals surface area contributed by atoms with Crippen LogP contribution in [0, 0.1) is 0 Å². The molecule has 1 saturated heterocycles. The minimum atomic E-state index is 0. The van der Waals surface area contributed by atoms with Crippen molar-refractivity contribution < 1.29 is 4.79 Å². The zero-order valence-corrected chi connectivity index (χ0v) is 14.7. The second kappa shape index (κ2) is 8.01. The molecule has 1 aromatic rings. The van der Waals surface area contributed by atoms with E-state index in [2.05, 4.69) is 22.0 Å². The van der Waals surface area contributed by atoms with Crippen LogP contribution in [0.5, 0.6) is 0 Å². The highest BCUT2D eigenvalue weighted by atomic mass is 127. The Morgan fingerprint density at radius 3 is 2.86 bits per heavy atom. The molecule has 1 aliphatic heterocycles. The van der Waals surface area contributed by atoms with Crippen LogP contribution >= 0.6 is 24.0 Å². The molecule has 7 nitrogen and oxygen atoms in total. The Morgan fingerprint density at radius 1 is 1.57 bits per heavy atom. The SMILES string of the molecule is C=CCNC(=NC)N1CCN(c2cnn(C)c2)C(=O)C1.I. The minimum Gasteiger partial charge on any atom is -0.353 e. The molecule has 0 aliphatic carbocycles. The molecule has 1 fully saturated rings. The number of carbonyl (C=O) groups excluding carboxylic acids is 1. The fraction of sp³-hybridized carbons (Fsp3) is 0.462. The zero-order chi connectivity index (χ0) is 14.5. The Balaban J connectivity index is 0.00000220. The van der Waals surface area contributed by atoms with E-state index < -0.39 is 0 Å². The summed E-state index contributed by atoms with van der Waals surface area (Å²) in [5.41, 5.74) is 0.839. The molecule has 1 aromatic heterocycles. The lowest BCUT2D eigenvalue weighted by atomic mass is 10.3. The molecule has 0 saturated carbocycles. The Bertz CT molecular complexity index is 526. The molecule has 2 rings (SSSR count). The van der Waals surface area contributed by atoms with Crippen molar-refractivity contribution in [2.45, 2.75) is 0 Å². The number of amides is 1. The Hall–Kier alpha value is -1.58. The van der Waals surface area contributed by atoms with Crippen molar-refractivity contribution in [3.05, 3.63) is 25.0 Å². The van der Waals surface area contributed by atoms with Crippen LogP contribution in [0.15, 0.2) is 30.0 Å². The number of nitrogens with zero attached hydrogens (tertiary/aromatic N) is 5. The van der Waals surface area contributed by atoms with Crippen LogP contribution in [0.2, 0.25) is 0 Å². The monoisotopic (exact) mass is 404 g/mol. The summed E-state index contributed by atoms with van der Waals surface area (Å²) in [4.78, 5) is 20.1. The molecular weight excluding hydrogens is 383 g/mol. The predicted octanol–water partition coefficient (Wildman–Crippen LogP) is 0.448. The summed E-state index contributed by atoms with van der Waals surface area (Å²) in [5.74, 6) is 0.773. The van der Waals surface area contributed by atoms with Crippen LogP contribution in [0.4, 0.5) is 5.69 Å². The van der Waals surface area contributed by atoms with Gasteiger partial charge in [-0.2, -0.15) is 5.10 Å². The molecule has 21 heavy (non-hydrogen) atoms. The topological polar surface area (TPSA) is 65.8 Å². The number of aliphatic imine (C=N–C) groups is 1. The summed E-state index contributed by atoms with van der Waals surface area (Å²) in [6.07, 6.45) is 5.32. The van der Waals surface area contributed by atoms with Gasteiger partial charge in [-0.25, -0.2) is 0 Å². The lowest BCUT2D eigenvalue weighted by molar-refractivity contribution is -0.120. The van der Waals surface area contributed by atoms with E-state index in [9.17, 15) is 4.79 Å². The summed E-state index contributed by atoms with van der Waals surface area (Å²) in [7, 11) is 3.55. The maximum Gasteiger partial charge on any atom is 0.246 e. The van der Waals surface area contributed by atoms with Crippen LogP contribution in [0.1, 0.15) is 0 Å². The first-order valence-corrected chi connectivity index (χ1v) is 6.51. The van der Waals surface area contributed by atoms with Gasteiger partial charge < -0.3 is 15.1 Å². The third kappa shape index (κ3) is 4.19. The summed E-state index contributed by atoms with van der Waals surface area (Å²) in [6.45, 7) is 5.96. The fourth-order valence-electron chi connectivity index (χ4n) is 2.17. The zero-order valence-electron chi connectivity index (χ0n) is 12.3. The molecule has 0 atom stereocenters. The number of anilines is 1. The molecule has 0 bridgehead atoms. The van der Waals surface area contributed by atoms with Crippen LogP contribution in [-0.4, -0.2) is 59.8 Å². The van der Waals surface area contributed by atoms with Crippen molar-refractivity contribution in [1.82, 2.24) is 20.0 Å². The van der Waals surface area contributed by atoms with Gasteiger partial charge in [-0.1, -0.05) is 6.08 Å². The van der Waals surface area contributed by atoms with Gasteiger partial charge in [0.1, 0.15) is 6.54 Å². The minimum absolute atomic E-state index is 0. The second-order valence-electron chi connectivity index (χ2n) is 4.56. The first kappa shape index (κ1) is 17.5. The quantitative estimate of drug-likeness (QED) is 0.344. The standard InChI is InChI=1S/C13H20N6O.HI/c1-4-5-15-13(14-2)18-6-7-19(12(20)10-18)11-8-16-17(3)9-11;/h4,8-9H,1,5-7,10H2,2-3H3,(H,14,15);1H. The summed E-state index contributed by atoms with van der Waals surface area (Å²) in [5, 5.41) is 7.24. The number of guanidine groups is 1. The number of hydrogen-bond donors (Lipinski definition) is 1. The molecule has 0 radical (unpaired) electrons. The average molecular weight is 404 g/mol. The molecule has 0 spiro atoms. The van der Waals surface area contributed by atoms with Crippen molar-refractivity contribution in [2.75, 3.05) is 38.1 Å². The number of halogens is 1. The van der Waals surface area contributed by atoms with E-state index in [1.54, 1.807) is 28.9 Å². The summed E-state index contributed by atoms with van der Waals surface area (Å²) in [6, 6.07) is 0. The molecule has 1 aliphatic rings. The largest absolute Gasteiger partial charge is 0.353 e. The van der Waals surface area contributed by atoms with E-state index in [1.807, 2.05) is 18.1 Å². The van der Waals surface area contributed by atoms with Crippen LogP contribution < -0.4 is 10.2 Å². The van der Waals surface area contributed by atoms with Gasteiger partial charge in [0.15, 0.2) is 5.96 Å². The fourth-order valence-corrected chi connectivity index (χ4v) is 2.17. The maximum atomic E-state index is 12.3. The van der Waals surface area contributed by atoms with Gasteiger partial charge in [-0.3, -0.25) is 14.5 Å². The van der Waals surface area contributed by atoms with Gasteiger partial charge in [0.05, 0.1) is 11.9 Å². The number of nitrogens with one attached hydrogen (secondary N) is 1. The summed E-state index contributed by atoms with van der Waals surface area (Å²) < 4.78 is 1.69. The van der Waals surface area contributed by atoms with E-state index in [0.29, 0.717) is 19.6 Å². The highest BCUT2D eigenvalue weighted by Crippen LogP contribution is 2.15. The summed E-state index contributed by atoms with van der Waals surface area (Å²) >= 11 is 0. The first-order chi connectivity index (χ1) is 9.65. The normalized spacial score (nSPS) is 15.7. The smallest absolute Gasteiger partial charge is 0.246 e. The van der Waals surface area contributed by atoms with E-state index in [4.69, 9.17) is 0 Å². The Labute approximate surface area is 141 Å². The number of rotatable bonds is 3. The molecule has 1 amide bonds. The van der Waals surface area contributed by atoms with Crippen molar-refractivity contribution in [2.24, 2.45) is 12.0 Å². The molecular formula is C13H21IN6O. The van der Waals surface area contributed by atoms with Gasteiger partial charge >= 0.3 is 0 Å². The van der Waals surface area contributed by atoms with E-state index in [0.717, 1.165) is 18.2 Å². The van der Waals surface area contributed by atoms with Crippen molar-refractivity contribution in [3.8, 4) is 0 Å². The van der Waals surface area contributed by atoms with Gasteiger partial charge in [0.25, 0.3) is 0 Å². The molecule has 0 aromatic carbocycles. The number of hydrogen-bond acceptors (Lipinski definition) is 3. The van der Waals surface area contributed by atoms with Crippen molar-refractivity contribution in [1.29, 1.82) is 0 Å². The lowest BCUT2D eigenvalue weighted by Crippen LogP contribution is -2.55. The van der Waals surface area contributed by atoms with Crippen molar-refractivity contribution >= 4 is 41.5 Å². The van der Waals surface area contributed by atoms with Gasteiger partial charge in [0.2, 0.25) is 5.91 Å². The molecule has 1 N–H and O–H groups in total. The number of aromatic nitrogens is 2. The Kier molecular flexibility index (Phi) is 6.66. The third-order valence-corrected chi connectivity index (χ3v) is 3.14.